The highest BCUT2D eigenvalue weighted by molar-refractivity contribution is 9.11. The molecule has 0 bridgehead atoms. The predicted molar refractivity (Wildman–Crippen MR) is 90.0 cm³/mol. The van der Waals surface area contributed by atoms with E-state index >= 15 is 0 Å². The molecule has 0 unspecified atom stereocenters. The Balaban J connectivity index is 1.87. The van der Waals surface area contributed by atoms with E-state index in [-0.39, 0.29) is 0 Å². The zero-order valence-electron chi connectivity index (χ0n) is 11.0. The number of hydrogen-bond donors (Lipinski definition) is 1. The van der Waals surface area contributed by atoms with Crippen molar-refractivity contribution < 1.29 is 0 Å². The van der Waals surface area contributed by atoms with Crippen molar-refractivity contribution in [1.29, 1.82) is 0 Å². The third kappa shape index (κ3) is 5.30. The molecule has 2 aromatic rings. The fourth-order valence-corrected chi connectivity index (χ4v) is 4.24. The van der Waals surface area contributed by atoms with Crippen molar-refractivity contribution >= 4 is 39.0 Å². The van der Waals surface area contributed by atoms with Gasteiger partial charge in [0.2, 0.25) is 0 Å². The maximum Gasteiger partial charge on any atom is 0.0701 e. The second-order valence-electron chi connectivity index (χ2n) is 4.32. The molecule has 2 rings (SSSR count). The molecule has 1 nitrogen and oxygen atoms in total. The van der Waals surface area contributed by atoms with E-state index in [0.29, 0.717) is 0 Å². The smallest absolute Gasteiger partial charge is 0.0701 e. The molecule has 0 aliphatic heterocycles. The topological polar surface area (TPSA) is 12.0 Å². The van der Waals surface area contributed by atoms with E-state index in [2.05, 4.69) is 64.6 Å². The van der Waals surface area contributed by atoms with Gasteiger partial charge in [-0.2, -0.15) is 0 Å². The van der Waals surface area contributed by atoms with Gasteiger partial charge < -0.3 is 5.32 Å². The quantitative estimate of drug-likeness (QED) is 0.533. The summed E-state index contributed by atoms with van der Waals surface area (Å²) in [5.41, 5.74) is 1.37. The standard InChI is InChI=1S/C15H18BrNS2/c1-2-8-17-10-12-4-3-5-13(9-12)18-11-14-6-7-15(16)19-14/h3-7,9,17H,2,8,10-11H2,1H3. The lowest BCUT2D eigenvalue weighted by Crippen LogP contribution is -2.13. The Morgan fingerprint density at radius 2 is 2.16 bits per heavy atom. The summed E-state index contributed by atoms with van der Waals surface area (Å²) in [6.45, 7) is 4.24. The largest absolute Gasteiger partial charge is 0.313 e. The maximum absolute atomic E-state index is 3.51. The summed E-state index contributed by atoms with van der Waals surface area (Å²) in [4.78, 5) is 2.76. The van der Waals surface area contributed by atoms with Crippen LogP contribution in [-0.4, -0.2) is 6.54 Å². The molecule has 0 amide bonds. The van der Waals surface area contributed by atoms with Crippen molar-refractivity contribution in [3.63, 3.8) is 0 Å². The molecular formula is C15H18BrNS2. The fourth-order valence-electron chi connectivity index (χ4n) is 1.74. The van der Waals surface area contributed by atoms with Crippen LogP contribution in [0.2, 0.25) is 0 Å². The van der Waals surface area contributed by atoms with Crippen molar-refractivity contribution in [3.8, 4) is 0 Å². The molecule has 0 spiro atoms. The third-order valence-electron chi connectivity index (χ3n) is 2.66. The summed E-state index contributed by atoms with van der Waals surface area (Å²) in [5, 5.41) is 3.44. The Bertz CT molecular complexity index is 510. The average molecular weight is 356 g/mol. The van der Waals surface area contributed by atoms with Gasteiger partial charge in [-0.25, -0.2) is 0 Å². The molecule has 102 valence electrons. The normalized spacial score (nSPS) is 10.8. The van der Waals surface area contributed by atoms with Crippen molar-refractivity contribution in [1.82, 2.24) is 5.32 Å². The molecule has 1 heterocycles. The van der Waals surface area contributed by atoms with Crippen molar-refractivity contribution in [2.45, 2.75) is 30.5 Å². The van der Waals surface area contributed by atoms with Crippen LogP contribution in [0.25, 0.3) is 0 Å². The highest BCUT2D eigenvalue weighted by Crippen LogP contribution is 2.29. The van der Waals surface area contributed by atoms with Gasteiger partial charge >= 0.3 is 0 Å². The molecule has 0 saturated carbocycles. The van der Waals surface area contributed by atoms with Gasteiger partial charge in [0.15, 0.2) is 0 Å². The lowest BCUT2D eigenvalue weighted by Gasteiger charge is -2.06. The van der Waals surface area contributed by atoms with Crippen molar-refractivity contribution in [2.75, 3.05) is 6.54 Å². The van der Waals surface area contributed by atoms with E-state index in [1.807, 2.05) is 23.1 Å². The van der Waals surface area contributed by atoms with Crippen molar-refractivity contribution in [3.05, 3.63) is 50.6 Å². The van der Waals surface area contributed by atoms with Crippen LogP contribution in [0.4, 0.5) is 0 Å². The summed E-state index contributed by atoms with van der Waals surface area (Å²) in [6.07, 6.45) is 1.18. The Labute approximate surface area is 131 Å². The van der Waals surface area contributed by atoms with Crippen LogP contribution in [0, 0.1) is 0 Å². The number of halogens is 1. The minimum atomic E-state index is 0.965. The van der Waals surface area contributed by atoms with E-state index in [0.717, 1.165) is 18.8 Å². The molecule has 1 aromatic carbocycles. The first-order valence-electron chi connectivity index (χ1n) is 6.44. The zero-order chi connectivity index (χ0) is 13.5. The molecule has 1 N–H and O–H groups in total. The Morgan fingerprint density at radius 1 is 1.26 bits per heavy atom. The summed E-state index contributed by atoms with van der Waals surface area (Å²) in [7, 11) is 0. The highest BCUT2D eigenvalue weighted by Gasteiger charge is 2.01. The summed E-state index contributed by atoms with van der Waals surface area (Å²) >= 11 is 7.22. The number of thiophene rings is 1. The summed E-state index contributed by atoms with van der Waals surface area (Å²) in [6, 6.07) is 13.1. The molecule has 19 heavy (non-hydrogen) atoms. The van der Waals surface area contributed by atoms with Gasteiger partial charge in [0, 0.05) is 22.1 Å². The predicted octanol–water partition coefficient (Wildman–Crippen LogP) is 5.30. The molecule has 0 aliphatic carbocycles. The SMILES string of the molecule is CCCNCc1cccc(SCc2ccc(Br)s2)c1. The van der Waals surface area contributed by atoms with Gasteiger partial charge in [0.1, 0.15) is 0 Å². The summed E-state index contributed by atoms with van der Waals surface area (Å²) < 4.78 is 1.21. The Morgan fingerprint density at radius 3 is 2.89 bits per heavy atom. The summed E-state index contributed by atoms with van der Waals surface area (Å²) in [5.74, 6) is 1.04. The fraction of sp³-hybridized carbons (Fsp3) is 0.333. The van der Waals surface area contributed by atoms with Gasteiger partial charge in [-0.15, -0.1) is 23.1 Å². The Hall–Kier alpha value is -0.290. The highest BCUT2D eigenvalue weighted by atomic mass is 79.9. The van der Waals surface area contributed by atoms with Crippen LogP contribution in [0.1, 0.15) is 23.8 Å². The van der Waals surface area contributed by atoms with Gasteiger partial charge in [-0.05, 0) is 58.7 Å². The molecule has 0 atom stereocenters. The van der Waals surface area contributed by atoms with E-state index in [4.69, 9.17) is 0 Å². The second-order valence-corrected chi connectivity index (χ2v) is 7.91. The van der Waals surface area contributed by atoms with Crippen molar-refractivity contribution in [2.24, 2.45) is 0 Å². The van der Waals surface area contributed by atoms with Crippen LogP contribution < -0.4 is 5.32 Å². The van der Waals surface area contributed by atoms with E-state index in [1.54, 1.807) is 0 Å². The van der Waals surface area contributed by atoms with Crippen LogP contribution in [0.5, 0.6) is 0 Å². The first-order valence-corrected chi connectivity index (χ1v) is 9.04. The Kier molecular flexibility index (Phi) is 6.44. The van der Waals surface area contributed by atoms with Gasteiger partial charge in [0.25, 0.3) is 0 Å². The number of benzene rings is 1. The minimum absolute atomic E-state index is 0.965. The van der Waals surface area contributed by atoms with E-state index in [9.17, 15) is 0 Å². The van der Waals surface area contributed by atoms with Gasteiger partial charge in [-0.1, -0.05) is 19.1 Å². The first kappa shape index (κ1) is 15.1. The molecule has 0 aliphatic rings. The van der Waals surface area contributed by atoms with Crippen LogP contribution in [-0.2, 0) is 12.3 Å². The number of nitrogens with one attached hydrogen (secondary N) is 1. The lowest BCUT2D eigenvalue weighted by molar-refractivity contribution is 0.674. The number of thioether (sulfide) groups is 1. The minimum Gasteiger partial charge on any atom is -0.313 e. The number of hydrogen-bond acceptors (Lipinski definition) is 3. The monoisotopic (exact) mass is 355 g/mol. The molecular weight excluding hydrogens is 338 g/mol. The third-order valence-corrected chi connectivity index (χ3v) is 5.51. The molecule has 0 radical (unpaired) electrons. The van der Waals surface area contributed by atoms with Gasteiger partial charge in [-0.3, -0.25) is 0 Å². The number of rotatable bonds is 7. The first-order chi connectivity index (χ1) is 9.28. The van der Waals surface area contributed by atoms with Crippen LogP contribution >= 0.6 is 39.0 Å². The molecule has 4 heteroatoms. The lowest BCUT2D eigenvalue weighted by atomic mass is 10.2. The average Bonchev–Trinajstić information content (AvgIpc) is 2.83. The van der Waals surface area contributed by atoms with E-state index < -0.39 is 0 Å². The second kappa shape index (κ2) is 8.10. The molecule has 0 saturated heterocycles. The van der Waals surface area contributed by atoms with Gasteiger partial charge in [0.05, 0.1) is 3.79 Å². The van der Waals surface area contributed by atoms with Crippen LogP contribution in [0.15, 0.2) is 45.1 Å². The molecule has 1 aromatic heterocycles. The maximum atomic E-state index is 3.51. The zero-order valence-corrected chi connectivity index (χ0v) is 14.2. The van der Waals surface area contributed by atoms with E-state index in [1.165, 1.54) is 25.5 Å². The van der Waals surface area contributed by atoms with Crippen LogP contribution in [0.3, 0.4) is 0 Å². The molecule has 0 fully saturated rings.